The number of aromatic amines is 1. The summed E-state index contributed by atoms with van der Waals surface area (Å²) in [7, 11) is 1.48. The number of H-pyrrole nitrogens is 1. The molecule has 0 radical (unpaired) electrons. The number of hydrogen-bond acceptors (Lipinski definition) is 4. The van der Waals surface area contributed by atoms with E-state index in [-0.39, 0.29) is 30.1 Å². The molecule has 31 heavy (non-hydrogen) atoms. The zero-order chi connectivity index (χ0) is 22.6. The first-order valence-electron chi connectivity index (χ1n) is 9.39. The van der Waals surface area contributed by atoms with Gasteiger partial charge >= 0.3 is 6.18 Å². The predicted molar refractivity (Wildman–Crippen MR) is 108 cm³/mol. The number of rotatable bonds is 8. The van der Waals surface area contributed by atoms with E-state index in [0.717, 1.165) is 12.1 Å². The zero-order valence-electron chi connectivity index (χ0n) is 16.5. The Balaban J connectivity index is 2.06. The van der Waals surface area contributed by atoms with E-state index in [1.165, 1.54) is 37.4 Å². The van der Waals surface area contributed by atoms with Gasteiger partial charge in [-0.3, -0.25) is 14.9 Å². The van der Waals surface area contributed by atoms with Crippen molar-refractivity contribution in [1.82, 2.24) is 10.3 Å². The predicted octanol–water partition coefficient (Wildman–Crippen LogP) is 4.38. The Morgan fingerprint density at radius 2 is 2.03 bits per heavy atom. The molecule has 3 rings (SSSR count). The first-order chi connectivity index (χ1) is 14.7. The van der Waals surface area contributed by atoms with E-state index in [4.69, 9.17) is 4.74 Å². The highest BCUT2D eigenvalue weighted by Crippen LogP contribution is 2.37. The lowest BCUT2D eigenvalue weighted by Crippen LogP contribution is -2.28. The number of benzene rings is 2. The van der Waals surface area contributed by atoms with Gasteiger partial charge in [0.15, 0.2) is 0 Å². The van der Waals surface area contributed by atoms with Gasteiger partial charge in [-0.05, 0) is 23.3 Å². The SMILES string of the molecule is COCCNC(=O)CC(c1cccc(C(F)(F)F)c1)c1c[nH]c2ccc([N+](=O)[O-])cc12. The maximum atomic E-state index is 13.3. The number of alkyl halides is 3. The number of aromatic nitrogens is 1. The van der Waals surface area contributed by atoms with Crippen molar-refractivity contribution in [3.05, 3.63) is 75.5 Å². The molecule has 0 bridgehead atoms. The van der Waals surface area contributed by atoms with Gasteiger partial charge in [0, 0.05) is 55.2 Å². The van der Waals surface area contributed by atoms with Gasteiger partial charge in [0.05, 0.1) is 17.1 Å². The lowest BCUT2D eigenvalue weighted by molar-refractivity contribution is -0.384. The molecule has 164 valence electrons. The van der Waals surface area contributed by atoms with E-state index in [2.05, 4.69) is 10.3 Å². The Labute approximate surface area is 175 Å². The number of methoxy groups -OCH3 is 1. The normalized spacial score (nSPS) is 12.6. The van der Waals surface area contributed by atoms with Crippen molar-refractivity contribution in [2.45, 2.75) is 18.5 Å². The first kappa shape index (κ1) is 22.3. The van der Waals surface area contributed by atoms with Crippen LogP contribution in [-0.2, 0) is 15.7 Å². The van der Waals surface area contributed by atoms with Gasteiger partial charge in [-0.1, -0.05) is 18.2 Å². The first-order valence-corrected chi connectivity index (χ1v) is 9.39. The average Bonchev–Trinajstić information content (AvgIpc) is 3.14. The van der Waals surface area contributed by atoms with Crippen LogP contribution in [0.5, 0.6) is 0 Å². The molecule has 0 spiro atoms. The fourth-order valence-corrected chi connectivity index (χ4v) is 3.42. The van der Waals surface area contributed by atoms with Crippen LogP contribution in [0.15, 0.2) is 48.7 Å². The van der Waals surface area contributed by atoms with Crippen molar-refractivity contribution >= 4 is 22.5 Å². The molecule has 0 aliphatic carbocycles. The Morgan fingerprint density at radius 1 is 1.26 bits per heavy atom. The molecule has 10 heteroatoms. The van der Waals surface area contributed by atoms with Crippen LogP contribution in [0.2, 0.25) is 0 Å². The van der Waals surface area contributed by atoms with Crippen LogP contribution < -0.4 is 5.32 Å². The number of hydrogen-bond donors (Lipinski definition) is 2. The summed E-state index contributed by atoms with van der Waals surface area (Å²) in [6.07, 6.45) is -3.11. The van der Waals surface area contributed by atoms with E-state index in [1.807, 2.05) is 0 Å². The van der Waals surface area contributed by atoms with Gasteiger partial charge in [0.1, 0.15) is 0 Å². The van der Waals surface area contributed by atoms with Crippen LogP contribution in [0.1, 0.15) is 29.0 Å². The van der Waals surface area contributed by atoms with Crippen LogP contribution >= 0.6 is 0 Å². The molecule has 1 unspecified atom stereocenters. The van der Waals surface area contributed by atoms with Crippen molar-refractivity contribution in [2.24, 2.45) is 0 Å². The summed E-state index contributed by atoms with van der Waals surface area (Å²) in [4.78, 5) is 26.1. The third-order valence-electron chi connectivity index (χ3n) is 4.92. The molecule has 1 heterocycles. The van der Waals surface area contributed by atoms with E-state index in [9.17, 15) is 28.1 Å². The van der Waals surface area contributed by atoms with E-state index >= 15 is 0 Å². The maximum absolute atomic E-state index is 13.3. The molecule has 2 aromatic carbocycles. The number of nitrogens with one attached hydrogen (secondary N) is 2. The topological polar surface area (TPSA) is 97.3 Å². The number of halogens is 3. The molecule has 1 aromatic heterocycles. The third-order valence-corrected chi connectivity index (χ3v) is 4.92. The number of nitro benzene ring substituents is 1. The fraction of sp³-hybridized carbons (Fsp3) is 0.286. The average molecular weight is 435 g/mol. The number of amides is 1. The van der Waals surface area contributed by atoms with E-state index in [1.54, 1.807) is 6.20 Å². The lowest BCUT2D eigenvalue weighted by atomic mass is 9.87. The van der Waals surface area contributed by atoms with Gasteiger partial charge in [-0.2, -0.15) is 13.2 Å². The summed E-state index contributed by atoms with van der Waals surface area (Å²) in [5.74, 6) is -1.13. The molecule has 3 aromatic rings. The Hall–Kier alpha value is -3.40. The number of non-ortho nitro benzene ring substituents is 1. The molecule has 7 nitrogen and oxygen atoms in total. The number of ether oxygens (including phenoxy) is 1. The molecule has 0 fully saturated rings. The second-order valence-corrected chi connectivity index (χ2v) is 6.95. The summed E-state index contributed by atoms with van der Waals surface area (Å²) >= 11 is 0. The molecule has 0 saturated carbocycles. The Morgan fingerprint density at radius 3 is 2.71 bits per heavy atom. The van der Waals surface area contributed by atoms with Crippen LogP contribution in [0.25, 0.3) is 10.9 Å². The van der Waals surface area contributed by atoms with Crippen molar-refractivity contribution < 1.29 is 27.6 Å². The minimum atomic E-state index is -4.54. The summed E-state index contributed by atoms with van der Waals surface area (Å²) in [6.45, 7) is 0.545. The van der Waals surface area contributed by atoms with Crippen molar-refractivity contribution in [3.8, 4) is 0 Å². The number of nitro groups is 1. The number of carbonyl (C=O) groups is 1. The second-order valence-electron chi connectivity index (χ2n) is 6.95. The highest BCUT2D eigenvalue weighted by Gasteiger charge is 2.32. The summed E-state index contributed by atoms with van der Waals surface area (Å²) in [6, 6.07) is 8.97. The summed E-state index contributed by atoms with van der Waals surface area (Å²) in [5.41, 5.74) is 0.378. The quantitative estimate of drug-likeness (QED) is 0.312. The lowest BCUT2D eigenvalue weighted by Gasteiger charge is -2.19. The van der Waals surface area contributed by atoms with Crippen molar-refractivity contribution in [3.63, 3.8) is 0 Å². The minimum Gasteiger partial charge on any atom is -0.383 e. The monoisotopic (exact) mass is 435 g/mol. The van der Waals surface area contributed by atoms with Gasteiger partial charge in [-0.15, -0.1) is 0 Å². The van der Waals surface area contributed by atoms with Crippen LogP contribution in [-0.4, -0.2) is 36.1 Å². The van der Waals surface area contributed by atoms with Crippen LogP contribution in [0.4, 0.5) is 18.9 Å². The molecule has 2 N–H and O–H groups in total. The smallest absolute Gasteiger partial charge is 0.383 e. The molecule has 0 aliphatic rings. The number of carbonyl (C=O) groups excluding carboxylic acids is 1. The molecule has 1 atom stereocenters. The van der Waals surface area contributed by atoms with Crippen molar-refractivity contribution in [1.29, 1.82) is 0 Å². The maximum Gasteiger partial charge on any atom is 0.416 e. The van der Waals surface area contributed by atoms with Gasteiger partial charge in [-0.25, -0.2) is 0 Å². The van der Waals surface area contributed by atoms with Gasteiger partial charge < -0.3 is 15.0 Å². The van der Waals surface area contributed by atoms with E-state index < -0.39 is 22.6 Å². The summed E-state index contributed by atoms with van der Waals surface area (Å²) in [5, 5.41) is 14.3. The standard InChI is InChI=1S/C21H20F3N3O4/c1-31-8-7-25-20(28)11-16(13-3-2-4-14(9-13)21(22,23)24)18-12-26-19-6-5-15(27(29)30)10-17(18)19/h2-6,9-10,12,16,26H,7-8,11H2,1H3,(H,25,28). The highest BCUT2D eigenvalue weighted by atomic mass is 19.4. The molecule has 1 amide bonds. The zero-order valence-corrected chi connectivity index (χ0v) is 16.5. The fourth-order valence-electron chi connectivity index (χ4n) is 3.42. The number of fused-ring (bicyclic) bond motifs is 1. The minimum absolute atomic E-state index is 0.138. The molecular formula is C21H20F3N3O4. The second kappa shape index (κ2) is 9.17. The molecule has 0 saturated heterocycles. The van der Waals surface area contributed by atoms with E-state index in [0.29, 0.717) is 23.1 Å². The van der Waals surface area contributed by atoms with Gasteiger partial charge in [0.25, 0.3) is 5.69 Å². The van der Waals surface area contributed by atoms with Crippen molar-refractivity contribution in [2.75, 3.05) is 20.3 Å². The molecular weight excluding hydrogens is 415 g/mol. The molecule has 0 aliphatic heterocycles. The van der Waals surface area contributed by atoms with Crippen LogP contribution in [0, 0.1) is 10.1 Å². The summed E-state index contributed by atoms with van der Waals surface area (Å²) < 4.78 is 44.7. The van der Waals surface area contributed by atoms with Crippen LogP contribution in [0.3, 0.4) is 0 Å². The number of nitrogens with zero attached hydrogens (tertiary/aromatic N) is 1. The third kappa shape index (κ3) is 5.21. The van der Waals surface area contributed by atoms with Gasteiger partial charge in [0.2, 0.25) is 5.91 Å². The highest BCUT2D eigenvalue weighted by molar-refractivity contribution is 5.87. The Bertz CT molecular complexity index is 1090. The Kier molecular flexibility index (Phi) is 6.59. The largest absolute Gasteiger partial charge is 0.416 e.